The van der Waals surface area contributed by atoms with Gasteiger partial charge in [-0.25, -0.2) is 0 Å². The van der Waals surface area contributed by atoms with Crippen LogP contribution in [0, 0.1) is 5.92 Å². The second-order valence-electron chi connectivity index (χ2n) is 5.86. The average molecular weight is 290 g/mol. The van der Waals surface area contributed by atoms with Gasteiger partial charge in [-0.3, -0.25) is 0 Å². The summed E-state index contributed by atoms with van der Waals surface area (Å²) in [5.74, 6) is 0.743. The third-order valence-corrected chi connectivity index (χ3v) is 4.46. The Labute approximate surface area is 128 Å². The van der Waals surface area contributed by atoms with Crippen molar-refractivity contribution in [2.45, 2.75) is 51.5 Å². The quantitative estimate of drug-likeness (QED) is 0.639. The van der Waals surface area contributed by atoms with Crippen molar-refractivity contribution in [3.63, 3.8) is 0 Å². The van der Waals surface area contributed by atoms with Crippen LogP contribution in [0.3, 0.4) is 0 Å². The van der Waals surface area contributed by atoms with Crippen LogP contribution in [-0.2, 0) is 6.42 Å². The zero-order valence-electron chi connectivity index (χ0n) is 12.4. The Morgan fingerprint density at radius 1 is 1.20 bits per heavy atom. The first-order valence-electron chi connectivity index (χ1n) is 7.84. The highest BCUT2D eigenvalue weighted by Gasteiger charge is 2.21. The summed E-state index contributed by atoms with van der Waals surface area (Å²) in [4.78, 5) is 0. The lowest BCUT2D eigenvalue weighted by atomic mass is 9.86. The van der Waals surface area contributed by atoms with Crippen LogP contribution in [0.1, 0.15) is 44.6 Å². The van der Waals surface area contributed by atoms with Gasteiger partial charge in [0.2, 0.25) is 0 Å². The van der Waals surface area contributed by atoms with Crippen molar-refractivity contribution in [2.24, 2.45) is 5.92 Å². The molecule has 0 aliphatic heterocycles. The molecular formula is C17H26N2S. The Kier molecular flexibility index (Phi) is 6.31. The molecule has 3 heteroatoms. The third kappa shape index (κ3) is 5.12. The largest absolute Gasteiger partial charge is 0.363 e. The molecule has 0 unspecified atom stereocenters. The highest BCUT2D eigenvalue weighted by molar-refractivity contribution is 7.80. The van der Waals surface area contributed by atoms with Crippen molar-refractivity contribution in [3.05, 3.63) is 35.9 Å². The van der Waals surface area contributed by atoms with Gasteiger partial charge in [-0.15, -0.1) is 0 Å². The van der Waals surface area contributed by atoms with Crippen molar-refractivity contribution in [1.82, 2.24) is 10.6 Å². The van der Waals surface area contributed by atoms with E-state index in [2.05, 4.69) is 47.9 Å². The lowest BCUT2D eigenvalue weighted by Crippen LogP contribution is -2.46. The molecule has 1 aliphatic rings. The number of aryl methyl sites for hydroxylation is 1. The highest BCUT2D eigenvalue weighted by Crippen LogP contribution is 2.23. The van der Waals surface area contributed by atoms with E-state index in [1.165, 1.54) is 31.2 Å². The van der Waals surface area contributed by atoms with E-state index in [0.717, 1.165) is 30.4 Å². The third-order valence-electron chi connectivity index (χ3n) is 4.20. The van der Waals surface area contributed by atoms with E-state index in [-0.39, 0.29) is 0 Å². The number of hydrogen-bond donors (Lipinski definition) is 2. The number of nitrogens with one attached hydrogen (secondary N) is 2. The standard InChI is InChI=1S/C17H26N2S/c1-14-8-5-6-12-16(14)19-17(20)18-13-7-11-15-9-3-2-4-10-15/h2-4,9-10,14,16H,5-8,11-13H2,1H3,(H2,18,19,20)/t14-,16-/m1/s1. The summed E-state index contributed by atoms with van der Waals surface area (Å²) < 4.78 is 0. The molecule has 1 aromatic carbocycles. The minimum Gasteiger partial charge on any atom is -0.363 e. The number of benzene rings is 1. The van der Waals surface area contributed by atoms with E-state index in [0.29, 0.717) is 6.04 Å². The molecule has 110 valence electrons. The van der Waals surface area contributed by atoms with Crippen LogP contribution in [0.5, 0.6) is 0 Å². The predicted molar refractivity (Wildman–Crippen MR) is 89.9 cm³/mol. The van der Waals surface area contributed by atoms with Crippen molar-refractivity contribution in [1.29, 1.82) is 0 Å². The SMILES string of the molecule is C[C@@H]1CCCC[C@H]1NC(=S)NCCCc1ccccc1. The smallest absolute Gasteiger partial charge is 0.166 e. The molecule has 1 saturated carbocycles. The fraction of sp³-hybridized carbons (Fsp3) is 0.588. The molecule has 0 amide bonds. The first-order chi connectivity index (χ1) is 9.75. The molecular weight excluding hydrogens is 264 g/mol. The van der Waals surface area contributed by atoms with Gasteiger partial charge in [0.25, 0.3) is 0 Å². The summed E-state index contributed by atoms with van der Waals surface area (Å²) in [5.41, 5.74) is 1.40. The van der Waals surface area contributed by atoms with Crippen molar-refractivity contribution in [3.8, 4) is 0 Å². The second-order valence-corrected chi connectivity index (χ2v) is 6.27. The molecule has 0 spiro atoms. The summed E-state index contributed by atoms with van der Waals surface area (Å²) in [6.07, 6.45) is 7.51. The van der Waals surface area contributed by atoms with Crippen LogP contribution in [0.25, 0.3) is 0 Å². The van der Waals surface area contributed by atoms with E-state index in [1.54, 1.807) is 0 Å². The molecule has 2 rings (SSSR count). The minimum absolute atomic E-state index is 0.567. The maximum absolute atomic E-state index is 5.40. The van der Waals surface area contributed by atoms with E-state index in [1.807, 2.05) is 0 Å². The lowest BCUT2D eigenvalue weighted by Gasteiger charge is -2.30. The number of hydrogen-bond acceptors (Lipinski definition) is 1. The van der Waals surface area contributed by atoms with Crippen LogP contribution in [0.4, 0.5) is 0 Å². The lowest BCUT2D eigenvalue weighted by molar-refractivity contribution is 0.308. The van der Waals surface area contributed by atoms with Crippen molar-refractivity contribution < 1.29 is 0 Å². The van der Waals surface area contributed by atoms with Crippen LogP contribution in [-0.4, -0.2) is 17.7 Å². The summed E-state index contributed by atoms with van der Waals surface area (Å²) in [6.45, 7) is 3.27. The molecule has 0 saturated heterocycles. The maximum Gasteiger partial charge on any atom is 0.166 e. The van der Waals surface area contributed by atoms with Crippen molar-refractivity contribution >= 4 is 17.3 Å². The minimum atomic E-state index is 0.567. The first kappa shape index (κ1) is 15.3. The summed E-state index contributed by atoms with van der Waals surface area (Å²) in [6, 6.07) is 11.2. The van der Waals surface area contributed by atoms with Gasteiger partial charge in [0.05, 0.1) is 0 Å². The van der Waals surface area contributed by atoms with Crippen LogP contribution in [0.15, 0.2) is 30.3 Å². The Bertz CT molecular complexity index is 405. The number of rotatable bonds is 5. The van der Waals surface area contributed by atoms with E-state index < -0.39 is 0 Å². The average Bonchev–Trinajstić information content (AvgIpc) is 2.47. The zero-order chi connectivity index (χ0) is 14.2. The molecule has 0 aromatic heterocycles. The molecule has 1 fully saturated rings. The monoisotopic (exact) mass is 290 g/mol. The van der Waals surface area contributed by atoms with Crippen LogP contribution in [0.2, 0.25) is 0 Å². The van der Waals surface area contributed by atoms with Crippen molar-refractivity contribution in [2.75, 3.05) is 6.54 Å². The molecule has 0 radical (unpaired) electrons. The van der Waals surface area contributed by atoms with Crippen LogP contribution >= 0.6 is 12.2 Å². The molecule has 2 N–H and O–H groups in total. The molecule has 20 heavy (non-hydrogen) atoms. The Hall–Kier alpha value is -1.09. The molecule has 0 bridgehead atoms. The summed E-state index contributed by atoms with van der Waals surface area (Å²) in [7, 11) is 0. The van der Waals surface area contributed by atoms with Crippen LogP contribution < -0.4 is 10.6 Å². The molecule has 2 nitrogen and oxygen atoms in total. The molecule has 1 aliphatic carbocycles. The van der Waals surface area contributed by atoms with Gasteiger partial charge in [0, 0.05) is 12.6 Å². The molecule has 0 heterocycles. The van der Waals surface area contributed by atoms with Gasteiger partial charge >= 0.3 is 0 Å². The van der Waals surface area contributed by atoms with E-state index in [9.17, 15) is 0 Å². The Morgan fingerprint density at radius 3 is 2.70 bits per heavy atom. The summed E-state index contributed by atoms with van der Waals surface area (Å²) in [5, 5.41) is 7.66. The second kappa shape index (κ2) is 8.25. The predicted octanol–water partition coefficient (Wildman–Crippen LogP) is 3.66. The van der Waals surface area contributed by atoms with Gasteiger partial charge in [-0.05, 0) is 49.4 Å². The first-order valence-corrected chi connectivity index (χ1v) is 8.25. The van der Waals surface area contributed by atoms with Gasteiger partial charge < -0.3 is 10.6 Å². The van der Waals surface area contributed by atoms with E-state index in [4.69, 9.17) is 12.2 Å². The normalized spacial score (nSPS) is 22.2. The van der Waals surface area contributed by atoms with Gasteiger partial charge in [0.1, 0.15) is 0 Å². The Morgan fingerprint density at radius 2 is 1.95 bits per heavy atom. The van der Waals surface area contributed by atoms with E-state index >= 15 is 0 Å². The fourth-order valence-electron chi connectivity index (χ4n) is 2.89. The van der Waals surface area contributed by atoms with Gasteiger partial charge in [0.15, 0.2) is 5.11 Å². The molecule has 1 aromatic rings. The highest BCUT2D eigenvalue weighted by atomic mass is 32.1. The maximum atomic E-state index is 5.40. The summed E-state index contributed by atoms with van der Waals surface area (Å²) >= 11 is 5.40. The Balaban J connectivity index is 1.60. The number of thiocarbonyl (C=S) groups is 1. The molecule has 2 atom stereocenters. The topological polar surface area (TPSA) is 24.1 Å². The van der Waals surface area contributed by atoms with Gasteiger partial charge in [-0.2, -0.15) is 0 Å². The zero-order valence-corrected chi connectivity index (χ0v) is 13.2. The van der Waals surface area contributed by atoms with Gasteiger partial charge in [-0.1, -0.05) is 50.1 Å². The fourth-order valence-corrected chi connectivity index (χ4v) is 3.14.